The minimum absolute atomic E-state index is 0.142. The largest absolute Gasteiger partial charge is 0.497 e. The molecule has 0 spiro atoms. The molecule has 2 amide bonds. The van der Waals surface area contributed by atoms with Crippen LogP contribution in [0.15, 0.2) is 42.5 Å². The van der Waals surface area contributed by atoms with Crippen LogP contribution in [0.2, 0.25) is 0 Å². The maximum absolute atomic E-state index is 12.8. The van der Waals surface area contributed by atoms with E-state index in [0.29, 0.717) is 11.4 Å². The van der Waals surface area contributed by atoms with E-state index in [-0.39, 0.29) is 18.2 Å². The van der Waals surface area contributed by atoms with E-state index in [1.54, 1.807) is 13.2 Å². The van der Waals surface area contributed by atoms with Gasteiger partial charge < -0.3 is 10.1 Å². The first-order chi connectivity index (χ1) is 11.5. The molecule has 0 bridgehead atoms. The van der Waals surface area contributed by atoms with E-state index in [9.17, 15) is 9.59 Å². The number of hydrogen-bond acceptors (Lipinski definition) is 4. The smallest absolute Gasteiger partial charge is 0.256 e. The number of carbonyl (C=O) groups excluding carboxylic acids is 2. The standard InChI is InChI=1S/C19H20N2O3/c1-12-6-4-9-17(13(12)2)21-18(22)11-16(19(21)23)20-14-7-5-8-15(10-14)24-3/h4-10,16,20H,11H2,1-3H3. The van der Waals surface area contributed by atoms with Crippen molar-refractivity contribution in [2.75, 3.05) is 17.3 Å². The van der Waals surface area contributed by atoms with E-state index in [1.165, 1.54) is 4.90 Å². The van der Waals surface area contributed by atoms with E-state index in [1.807, 2.05) is 50.2 Å². The molecule has 1 fully saturated rings. The molecule has 1 atom stereocenters. The lowest BCUT2D eigenvalue weighted by Crippen LogP contribution is -2.35. The Morgan fingerprint density at radius 1 is 1.12 bits per heavy atom. The molecule has 1 aliphatic rings. The third-order valence-electron chi connectivity index (χ3n) is 4.37. The van der Waals surface area contributed by atoms with Crippen LogP contribution in [0, 0.1) is 13.8 Å². The van der Waals surface area contributed by atoms with Crippen LogP contribution in [0.3, 0.4) is 0 Å². The lowest BCUT2D eigenvalue weighted by molar-refractivity contribution is -0.121. The Bertz CT molecular complexity index is 801. The van der Waals surface area contributed by atoms with Crippen molar-refractivity contribution >= 4 is 23.2 Å². The highest BCUT2D eigenvalue weighted by atomic mass is 16.5. The number of ether oxygens (including phenoxy) is 1. The quantitative estimate of drug-likeness (QED) is 0.878. The molecule has 24 heavy (non-hydrogen) atoms. The second-order valence-corrected chi connectivity index (χ2v) is 5.92. The van der Waals surface area contributed by atoms with Gasteiger partial charge in [0.1, 0.15) is 11.8 Å². The predicted octanol–water partition coefficient (Wildman–Crippen LogP) is 3.06. The molecule has 0 radical (unpaired) electrons. The average Bonchev–Trinajstić information content (AvgIpc) is 2.84. The van der Waals surface area contributed by atoms with Gasteiger partial charge in [0.15, 0.2) is 0 Å². The summed E-state index contributed by atoms with van der Waals surface area (Å²) in [6.07, 6.45) is 0.142. The van der Waals surface area contributed by atoms with Crippen LogP contribution >= 0.6 is 0 Å². The number of amides is 2. The monoisotopic (exact) mass is 324 g/mol. The first-order valence-corrected chi connectivity index (χ1v) is 7.85. The van der Waals surface area contributed by atoms with Gasteiger partial charge >= 0.3 is 0 Å². The van der Waals surface area contributed by atoms with Gasteiger partial charge in [-0.3, -0.25) is 9.59 Å². The summed E-state index contributed by atoms with van der Waals surface area (Å²) >= 11 is 0. The van der Waals surface area contributed by atoms with Gasteiger partial charge in [-0.25, -0.2) is 4.90 Å². The molecule has 1 unspecified atom stereocenters. The summed E-state index contributed by atoms with van der Waals surface area (Å²) in [7, 11) is 1.59. The highest BCUT2D eigenvalue weighted by Gasteiger charge is 2.40. The normalized spacial score (nSPS) is 17.3. The minimum Gasteiger partial charge on any atom is -0.497 e. The van der Waals surface area contributed by atoms with Crippen LogP contribution in [0.1, 0.15) is 17.5 Å². The van der Waals surface area contributed by atoms with Gasteiger partial charge in [0.05, 0.1) is 19.2 Å². The van der Waals surface area contributed by atoms with E-state index < -0.39 is 6.04 Å². The Morgan fingerprint density at radius 3 is 2.62 bits per heavy atom. The average molecular weight is 324 g/mol. The molecule has 1 heterocycles. The summed E-state index contributed by atoms with van der Waals surface area (Å²) in [5.74, 6) is 0.286. The van der Waals surface area contributed by atoms with Crippen LogP contribution in [-0.2, 0) is 9.59 Å². The fraction of sp³-hybridized carbons (Fsp3) is 0.263. The number of benzene rings is 2. The highest BCUT2D eigenvalue weighted by Crippen LogP contribution is 2.29. The molecular weight excluding hydrogens is 304 g/mol. The van der Waals surface area contributed by atoms with Crippen molar-refractivity contribution in [2.45, 2.75) is 26.3 Å². The molecule has 3 rings (SSSR count). The fourth-order valence-corrected chi connectivity index (χ4v) is 2.89. The number of carbonyl (C=O) groups is 2. The Morgan fingerprint density at radius 2 is 1.88 bits per heavy atom. The van der Waals surface area contributed by atoms with Crippen molar-refractivity contribution in [3.05, 3.63) is 53.6 Å². The number of nitrogens with one attached hydrogen (secondary N) is 1. The predicted molar refractivity (Wildman–Crippen MR) is 93.4 cm³/mol. The zero-order valence-electron chi connectivity index (χ0n) is 14.0. The molecule has 0 aliphatic carbocycles. The van der Waals surface area contributed by atoms with Gasteiger partial charge in [-0.2, -0.15) is 0 Å². The molecule has 5 heteroatoms. The fourth-order valence-electron chi connectivity index (χ4n) is 2.89. The maximum Gasteiger partial charge on any atom is 0.256 e. The Labute approximate surface area is 141 Å². The third-order valence-corrected chi connectivity index (χ3v) is 4.37. The van der Waals surface area contributed by atoms with Gasteiger partial charge in [-0.1, -0.05) is 18.2 Å². The number of aryl methyl sites for hydroxylation is 1. The van der Waals surface area contributed by atoms with E-state index >= 15 is 0 Å². The molecule has 1 N–H and O–H groups in total. The van der Waals surface area contributed by atoms with Crippen LogP contribution in [0.5, 0.6) is 5.75 Å². The van der Waals surface area contributed by atoms with E-state index in [4.69, 9.17) is 4.74 Å². The summed E-state index contributed by atoms with van der Waals surface area (Å²) in [6, 6.07) is 12.4. The van der Waals surface area contributed by atoms with Crippen molar-refractivity contribution in [1.82, 2.24) is 0 Å². The molecule has 2 aromatic rings. The Hall–Kier alpha value is -2.82. The van der Waals surface area contributed by atoms with Crippen molar-refractivity contribution < 1.29 is 14.3 Å². The zero-order chi connectivity index (χ0) is 17.3. The van der Waals surface area contributed by atoms with Crippen molar-refractivity contribution in [1.29, 1.82) is 0 Å². The molecule has 1 saturated heterocycles. The molecule has 0 aromatic heterocycles. The van der Waals surface area contributed by atoms with Gasteiger partial charge in [0.25, 0.3) is 5.91 Å². The SMILES string of the molecule is COc1cccc(NC2CC(=O)N(c3cccc(C)c3C)C2=O)c1. The number of rotatable bonds is 4. The zero-order valence-corrected chi connectivity index (χ0v) is 14.0. The molecule has 5 nitrogen and oxygen atoms in total. The first-order valence-electron chi connectivity index (χ1n) is 7.85. The van der Waals surface area contributed by atoms with Crippen LogP contribution < -0.4 is 15.0 Å². The van der Waals surface area contributed by atoms with Crippen LogP contribution in [0.25, 0.3) is 0 Å². The summed E-state index contributed by atoms with van der Waals surface area (Å²) in [4.78, 5) is 26.5. The second-order valence-electron chi connectivity index (χ2n) is 5.92. The number of nitrogens with zero attached hydrogens (tertiary/aromatic N) is 1. The Kier molecular flexibility index (Phi) is 4.25. The topological polar surface area (TPSA) is 58.6 Å². The highest BCUT2D eigenvalue weighted by molar-refractivity contribution is 6.23. The minimum atomic E-state index is -0.565. The van der Waals surface area contributed by atoms with E-state index in [0.717, 1.165) is 16.8 Å². The molecule has 0 saturated carbocycles. The first kappa shape index (κ1) is 16.1. The van der Waals surface area contributed by atoms with Gasteiger partial charge in [-0.05, 0) is 43.2 Å². The van der Waals surface area contributed by atoms with Gasteiger partial charge in [0.2, 0.25) is 5.91 Å². The lowest BCUT2D eigenvalue weighted by atomic mass is 10.1. The molecular formula is C19H20N2O3. The number of methoxy groups -OCH3 is 1. The van der Waals surface area contributed by atoms with Gasteiger partial charge in [-0.15, -0.1) is 0 Å². The van der Waals surface area contributed by atoms with E-state index in [2.05, 4.69) is 5.32 Å². The number of imide groups is 1. The summed E-state index contributed by atoms with van der Waals surface area (Å²) in [5.41, 5.74) is 3.42. The van der Waals surface area contributed by atoms with Crippen molar-refractivity contribution in [3.8, 4) is 5.75 Å². The second kappa shape index (κ2) is 6.35. The van der Waals surface area contributed by atoms with Gasteiger partial charge in [0, 0.05) is 11.8 Å². The van der Waals surface area contributed by atoms with Crippen molar-refractivity contribution in [3.63, 3.8) is 0 Å². The van der Waals surface area contributed by atoms with Crippen molar-refractivity contribution in [2.24, 2.45) is 0 Å². The molecule has 124 valence electrons. The van der Waals surface area contributed by atoms with Crippen LogP contribution in [-0.4, -0.2) is 25.0 Å². The van der Waals surface area contributed by atoms with Crippen LogP contribution in [0.4, 0.5) is 11.4 Å². The summed E-state index contributed by atoms with van der Waals surface area (Å²) in [6.45, 7) is 3.89. The maximum atomic E-state index is 12.8. The number of anilines is 2. The molecule has 1 aliphatic heterocycles. The summed E-state index contributed by atoms with van der Waals surface area (Å²) < 4.78 is 5.18. The third kappa shape index (κ3) is 2.85. The lowest BCUT2D eigenvalue weighted by Gasteiger charge is -2.19. The Balaban J connectivity index is 1.85. The molecule has 2 aromatic carbocycles. The number of hydrogen-bond donors (Lipinski definition) is 1. The summed E-state index contributed by atoms with van der Waals surface area (Å²) in [5, 5.41) is 3.14.